The molecule has 2 aromatic rings. The minimum atomic E-state index is -0.175. The van der Waals surface area contributed by atoms with Gasteiger partial charge in [-0.05, 0) is 22.9 Å². The Hall–Kier alpha value is -1.34. The van der Waals surface area contributed by atoms with E-state index in [1.807, 2.05) is 11.6 Å². The van der Waals surface area contributed by atoms with Crippen molar-refractivity contribution in [2.75, 3.05) is 7.05 Å². The molecule has 0 N–H and O–H groups in total. The molecule has 1 amide bonds. The molecule has 0 radical (unpaired) electrons. The third kappa shape index (κ3) is 2.73. The molecule has 0 fully saturated rings. The quantitative estimate of drug-likeness (QED) is 0.841. The number of aromatic nitrogens is 4. The molecule has 6 nitrogen and oxygen atoms in total. The van der Waals surface area contributed by atoms with Crippen molar-refractivity contribution < 1.29 is 4.79 Å². The average Bonchev–Trinajstić information content (AvgIpc) is 2.93. The lowest BCUT2D eigenvalue weighted by Gasteiger charge is -2.18. The van der Waals surface area contributed by atoms with E-state index in [2.05, 4.69) is 26.1 Å². The molecule has 0 saturated carbocycles. The van der Waals surface area contributed by atoms with Crippen LogP contribution >= 0.6 is 27.5 Å². The fourth-order valence-electron chi connectivity index (χ4n) is 1.95. The Kier molecular flexibility index (Phi) is 4.49. The first-order valence-corrected chi connectivity index (χ1v) is 7.26. The predicted molar refractivity (Wildman–Crippen MR) is 79.6 cm³/mol. The second-order valence-corrected chi connectivity index (χ2v) is 5.64. The van der Waals surface area contributed by atoms with E-state index in [4.69, 9.17) is 11.6 Å². The number of hydrogen-bond donors (Lipinski definition) is 0. The molecule has 0 saturated heterocycles. The summed E-state index contributed by atoms with van der Waals surface area (Å²) < 4.78 is 4.21. The number of rotatable bonds is 4. The van der Waals surface area contributed by atoms with Crippen LogP contribution in [0.2, 0.25) is 5.02 Å². The smallest absolute Gasteiger partial charge is 0.273 e. The van der Waals surface area contributed by atoms with E-state index in [-0.39, 0.29) is 5.91 Å². The van der Waals surface area contributed by atoms with Crippen LogP contribution in [-0.2, 0) is 20.1 Å². The zero-order valence-electron chi connectivity index (χ0n) is 11.5. The molecule has 0 unspecified atom stereocenters. The monoisotopic (exact) mass is 359 g/mol. The maximum Gasteiger partial charge on any atom is 0.273 e. The highest BCUT2D eigenvalue weighted by Gasteiger charge is 2.21. The lowest BCUT2D eigenvalue weighted by atomic mass is 10.3. The van der Waals surface area contributed by atoms with Crippen molar-refractivity contribution >= 4 is 33.4 Å². The minimum absolute atomic E-state index is 0.175. The molecular formula is C12H15BrClN5O. The highest BCUT2D eigenvalue weighted by Crippen LogP contribution is 2.20. The van der Waals surface area contributed by atoms with Crippen molar-refractivity contribution in [3.05, 3.63) is 33.3 Å². The summed E-state index contributed by atoms with van der Waals surface area (Å²) in [5.41, 5.74) is 1.33. The predicted octanol–water partition coefficient (Wildman–Crippen LogP) is 2.32. The number of nitrogens with zero attached hydrogens (tertiary/aromatic N) is 5. The normalized spacial score (nSPS) is 10.8. The first-order chi connectivity index (χ1) is 9.45. The number of carbonyl (C=O) groups is 1. The number of amides is 1. The maximum absolute atomic E-state index is 12.4. The lowest BCUT2D eigenvalue weighted by Crippen LogP contribution is -2.29. The van der Waals surface area contributed by atoms with Crippen LogP contribution in [0.5, 0.6) is 0 Å². The van der Waals surface area contributed by atoms with Gasteiger partial charge in [0, 0.05) is 20.6 Å². The molecule has 2 heterocycles. The summed E-state index contributed by atoms with van der Waals surface area (Å²) in [4.78, 5) is 14.0. The van der Waals surface area contributed by atoms with Crippen LogP contribution in [0.25, 0.3) is 0 Å². The second kappa shape index (κ2) is 5.97. The van der Waals surface area contributed by atoms with Gasteiger partial charge in [0.2, 0.25) is 0 Å². The topological polar surface area (TPSA) is 56.0 Å². The van der Waals surface area contributed by atoms with Gasteiger partial charge in [-0.3, -0.25) is 14.2 Å². The summed E-state index contributed by atoms with van der Waals surface area (Å²) in [6.07, 6.45) is 3.20. The molecule has 0 bridgehead atoms. The highest BCUT2D eigenvalue weighted by atomic mass is 79.9. The van der Waals surface area contributed by atoms with Crippen LogP contribution in [0.15, 0.2) is 16.9 Å². The molecule has 2 rings (SSSR count). The summed E-state index contributed by atoms with van der Waals surface area (Å²) in [6, 6.07) is 0. The van der Waals surface area contributed by atoms with Gasteiger partial charge in [0.05, 0.1) is 34.1 Å². The molecule has 20 heavy (non-hydrogen) atoms. The van der Waals surface area contributed by atoms with Crippen molar-refractivity contribution in [3.8, 4) is 0 Å². The van der Waals surface area contributed by atoms with Gasteiger partial charge in [0.1, 0.15) is 5.69 Å². The molecule has 0 atom stereocenters. The zero-order valence-corrected chi connectivity index (χ0v) is 13.8. The van der Waals surface area contributed by atoms with Crippen LogP contribution in [-0.4, -0.2) is 37.4 Å². The number of carbonyl (C=O) groups excluding carboxylic acids is 1. The largest absolute Gasteiger partial charge is 0.334 e. The molecule has 108 valence electrons. The molecule has 0 aliphatic heterocycles. The van der Waals surface area contributed by atoms with Crippen LogP contribution in [0.4, 0.5) is 0 Å². The van der Waals surface area contributed by atoms with E-state index < -0.39 is 0 Å². The Morgan fingerprint density at radius 1 is 1.45 bits per heavy atom. The van der Waals surface area contributed by atoms with Gasteiger partial charge in [-0.25, -0.2) is 0 Å². The van der Waals surface area contributed by atoms with E-state index in [1.54, 1.807) is 25.2 Å². The van der Waals surface area contributed by atoms with E-state index in [9.17, 15) is 4.79 Å². The van der Waals surface area contributed by atoms with Gasteiger partial charge >= 0.3 is 0 Å². The van der Waals surface area contributed by atoms with Crippen molar-refractivity contribution in [3.63, 3.8) is 0 Å². The standard InChI is InChI=1S/C12H15BrClN5O/c1-4-19-10(8(13)5-16-19)7-17(2)12(20)11-9(14)6-15-18(11)3/h5-6H,4,7H2,1-3H3. The Morgan fingerprint density at radius 3 is 2.70 bits per heavy atom. The van der Waals surface area contributed by atoms with Crippen molar-refractivity contribution in [2.24, 2.45) is 7.05 Å². The van der Waals surface area contributed by atoms with Crippen LogP contribution in [0.3, 0.4) is 0 Å². The molecule has 2 aromatic heterocycles. The Morgan fingerprint density at radius 2 is 2.15 bits per heavy atom. The summed E-state index contributed by atoms with van der Waals surface area (Å²) in [6.45, 7) is 3.19. The summed E-state index contributed by atoms with van der Waals surface area (Å²) in [5.74, 6) is -0.175. The third-order valence-corrected chi connectivity index (χ3v) is 3.97. The first kappa shape index (κ1) is 15.1. The maximum atomic E-state index is 12.4. The fraction of sp³-hybridized carbons (Fsp3) is 0.417. The van der Waals surface area contributed by atoms with Gasteiger partial charge in [0.25, 0.3) is 5.91 Å². The molecule has 0 aliphatic rings. The average molecular weight is 361 g/mol. The number of halogens is 2. The van der Waals surface area contributed by atoms with E-state index in [1.165, 1.54) is 10.9 Å². The fourth-order valence-corrected chi connectivity index (χ4v) is 2.61. The Balaban J connectivity index is 2.22. The Labute approximate surface area is 130 Å². The third-order valence-electron chi connectivity index (χ3n) is 3.03. The summed E-state index contributed by atoms with van der Waals surface area (Å²) in [7, 11) is 3.42. The number of aryl methyl sites for hydroxylation is 2. The van der Waals surface area contributed by atoms with Crippen LogP contribution in [0, 0.1) is 0 Å². The lowest BCUT2D eigenvalue weighted by molar-refractivity contribution is 0.0770. The SMILES string of the molecule is CCn1ncc(Br)c1CN(C)C(=O)c1c(Cl)cnn1C. The van der Waals surface area contributed by atoms with Gasteiger partial charge < -0.3 is 4.90 Å². The highest BCUT2D eigenvalue weighted by molar-refractivity contribution is 9.10. The second-order valence-electron chi connectivity index (χ2n) is 4.38. The van der Waals surface area contributed by atoms with Crippen molar-refractivity contribution in [2.45, 2.75) is 20.0 Å². The number of hydrogen-bond acceptors (Lipinski definition) is 3. The van der Waals surface area contributed by atoms with Gasteiger partial charge in [-0.15, -0.1) is 0 Å². The van der Waals surface area contributed by atoms with Crippen molar-refractivity contribution in [1.82, 2.24) is 24.5 Å². The van der Waals surface area contributed by atoms with E-state index >= 15 is 0 Å². The molecular weight excluding hydrogens is 346 g/mol. The zero-order chi connectivity index (χ0) is 14.9. The van der Waals surface area contributed by atoms with E-state index in [0.29, 0.717) is 17.3 Å². The summed E-state index contributed by atoms with van der Waals surface area (Å²) in [5, 5.41) is 8.57. The summed E-state index contributed by atoms with van der Waals surface area (Å²) >= 11 is 9.45. The molecule has 0 aromatic carbocycles. The van der Waals surface area contributed by atoms with Crippen LogP contribution in [0.1, 0.15) is 23.1 Å². The van der Waals surface area contributed by atoms with Gasteiger partial charge in [-0.2, -0.15) is 10.2 Å². The van der Waals surface area contributed by atoms with Crippen LogP contribution < -0.4 is 0 Å². The minimum Gasteiger partial charge on any atom is -0.334 e. The molecule has 0 spiro atoms. The van der Waals surface area contributed by atoms with Crippen molar-refractivity contribution in [1.29, 1.82) is 0 Å². The molecule has 0 aliphatic carbocycles. The van der Waals surface area contributed by atoms with Gasteiger partial charge in [-0.1, -0.05) is 11.6 Å². The molecule has 8 heteroatoms. The Bertz CT molecular complexity index is 616. The van der Waals surface area contributed by atoms with Gasteiger partial charge in [0.15, 0.2) is 0 Å². The van der Waals surface area contributed by atoms with E-state index in [0.717, 1.165) is 16.7 Å². The first-order valence-electron chi connectivity index (χ1n) is 6.08.